The van der Waals surface area contributed by atoms with E-state index in [4.69, 9.17) is 21.1 Å². The number of thiophene rings is 1. The smallest absolute Gasteiger partial charge is 0.406 e. The van der Waals surface area contributed by atoms with Gasteiger partial charge in [-0.15, -0.1) is 11.3 Å². The fourth-order valence-electron chi connectivity index (χ4n) is 6.16. The van der Waals surface area contributed by atoms with Crippen molar-refractivity contribution in [2.45, 2.75) is 58.1 Å². The molecule has 13 heteroatoms. The number of aryl methyl sites for hydroxylation is 1. The van der Waals surface area contributed by atoms with E-state index in [1.807, 2.05) is 25.1 Å². The second-order valence-electron chi connectivity index (χ2n) is 11.6. The van der Waals surface area contributed by atoms with E-state index in [-0.39, 0.29) is 12.6 Å². The van der Waals surface area contributed by atoms with Crippen molar-refractivity contribution in [3.8, 4) is 16.9 Å². The van der Waals surface area contributed by atoms with Gasteiger partial charge in [-0.05, 0) is 49.6 Å². The van der Waals surface area contributed by atoms with Crippen LogP contribution in [0.4, 0.5) is 13.2 Å². The first-order chi connectivity index (χ1) is 21.0. The summed E-state index contributed by atoms with van der Waals surface area (Å²) >= 11 is 7.87. The molecule has 0 amide bonds. The molecule has 3 atom stereocenters. The first-order valence-corrected chi connectivity index (χ1v) is 15.7. The maximum Gasteiger partial charge on any atom is 0.406 e. The first-order valence-electron chi connectivity index (χ1n) is 14.5. The zero-order valence-corrected chi connectivity index (χ0v) is 25.8. The van der Waals surface area contributed by atoms with Crippen molar-refractivity contribution in [3.05, 3.63) is 79.0 Å². The summed E-state index contributed by atoms with van der Waals surface area (Å²) in [4.78, 5) is 32.9. The number of alkyl halides is 3. The Bertz CT molecular complexity index is 1800. The third-order valence-corrected chi connectivity index (χ3v) is 9.71. The first kappa shape index (κ1) is 30.8. The lowest BCUT2D eigenvalue weighted by Crippen LogP contribution is -2.49. The van der Waals surface area contributed by atoms with E-state index in [2.05, 4.69) is 16.8 Å². The van der Waals surface area contributed by atoms with Gasteiger partial charge in [0.15, 0.2) is 0 Å². The lowest BCUT2D eigenvalue weighted by molar-refractivity contribution is -0.141. The minimum atomic E-state index is -4.60. The predicted octanol–water partition coefficient (Wildman–Crippen LogP) is 5.74. The topological polar surface area (TPSA) is 78.6 Å². The molecule has 2 fully saturated rings. The Morgan fingerprint density at radius 3 is 2.70 bits per heavy atom. The molecule has 0 radical (unpaired) electrons. The number of halogens is 4. The molecule has 8 nitrogen and oxygen atoms in total. The number of nitrogens with zero attached hydrogens (tertiary/aromatic N) is 4. The van der Waals surface area contributed by atoms with E-state index in [0.717, 1.165) is 83.1 Å². The number of aromatic nitrogens is 3. The van der Waals surface area contributed by atoms with Crippen LogP contribution in [0.2, 0.25) is 5.02 Å². The highest BCUT2D eigenvalue weighted by molar-refractivity contribution is 7.19. The molecule has 0 aliphatic carbocycles. The Kier molecular flexibility index (Phi) is 8.62. The van der Waals surface area contributed by atoms with Gasteiger partial charge in [0.25, 0.3) is 5.56 Å². The van der Waals surface area contributed by atoms with Gasteiger partial charge in [-0.1, -0.05) is 18.5 Å². The number of benzene rings is 1. The molecule has 234 valence electrons. The van der Waals surface area contributed by atoms with Crippen LogP contribution in [0.25, 0.3) is 21.3 Å². The van der Waals surface area contributed by atoms with Crippen molar-refractivity contribution in [1.82, 2.24) is 19.0 Å². The molecule has 6 rings (SSSR count). The normalized spacial score (nSPS) is 21.3. The third-order valence-electron chi connectivity index (χ3n) is 8.35. The molecule has 1 unspecified atom stereocenters. The summed E-state index contributed by atoms with van der Waals surface area (Å²) in [5.41, 5.74) is 1.46. The summed E-state index contributed by atoms with van der Waals surface area (Å²) in [5, 5.41) is 0.553. The van der Waals surface area contributed by atoms with Crippen LogP contribution in [-0.4, -0.2) is 63.6 Å². The fraction of sp³-hybridized carbons (Fsp3) is 0.452. The van der Waals surface area contributed by atoms with Crippen molar-refractivity contribution in [1.29, 1.82) is 0 Å². The number of hydrogen-bond donors (Lipinski definition) is 0. The molecule has 2 saturated heterocycles. The number of ether oxygens (including phenoxy) is 2. The Labute approximate surface area is 260 Å². The van der Waals surface area contributed by atoms with Gasteiger partial charge in [0.1, 0.15) is 18.4 Å². The fourth-order valence-corrected chi connectivity index (χ4v) is 7.56. The quantitative estimate of drug-likeness (QED) is 0.255. The predicted molar refractivity (Wildman–Crippen MR) is 164 cm³/mol. The Balaban J connectivity index is 1.32. The standard InChI is InChI=1S/C31H32ClF3N4O4S/c1-18-11-20(32)12-24(28(18)43-26-4-8-37(14-19(26)2)21-6-10-42-16-21)23-3-7-36-25-13-22(44-29(23)25)15-39-27(40)5-9-38(30(39)41)17-31(33,34)35/h3,5,7,9,11-13,19,21,26H,4,6,8,10,14-17H2,1-2H3/t19-,21?,26-/m1/s1. The monoisotopic (exact) mass is 648 g/mol. The van der Waals surface area contributed by atoms with Gasteiger partial charge in [0.05, 0.1) is 23.4 Å². The van der Waals surface area contributed by atoms with E-state index in [9.17, 15) is 22.8 Å². The van der Waals surface area contributed by atoms with E-state index in [1.165, 1.54) is 11.3 Å². The SMILES string of the molecule is Cc1cc(Cl)cc(-c2ccnc3cc(Cn4c(=O)ccn(CC(F)(F)F)c4=O)sc23)c1O[C@@H]1CCN(C2CCOC2)C[C@H]1C. The molecule has 44 heavy (non-hydrogen) atoms. The Morgan fingerprint density at radius 1 is 1.16 bits per heavy atom. The summed E-state index contributed by atoms with van der Waals surface area (Å²) in [5.74, 6) is 1.03. The number of rotatable bonds is 7. The van der Waals surface area contributed by atoms with Gasteiger partial charge in [-0.2, -0.15) is 13.2 Å². The van der Waals surface area contributed by atoms with Crippen LogP contribution in [0, 0.1) is 12.8 Å². The van der Waals surface area contributed by atoms with Crippen LogP contribution in [0.3, 0.4) is 0 Å². The van der Waals surface area contributed by atoms with Gasteiger partial charge in [-0.3, -0.25) is 23.8 Å². The van der Waals surface area contributed by atoms with Gasteiger partial charge in [0, 0.05) is 71.1 Å². The second kappa shape index (κ2) is 12.3. The molecule has 0 bridgehead atoms. The van der Waals surface area contributed by atoms with E-state index >= 15 is 0 Å². The molecule has 1 aromatic carbocycles. The van der Waals surface area contributed by atoms with Crippen LogP contribution in [0.15, 0.2) is 52.3 Å². The highest BCUT2D eigenvalue weighted by Gasteiger charge is 2.34. The second-order valence-corrected chi connectivity index (χ2v) is 13.2. The third kappa shape index (κ3) is 6.44. The van der Waals surface area contributed by atoms with Gasteiger partial charge in [-0.25, -0.2) is 4.79 Å². The van der Waals surface area contributed by atoms with Crippen molar-refractivity contribution in [3.63, 3.8) is 0 Å². The molecular formula is C31H32ClF3N4O4S. The molecule has 0 spiro atoms. The van der Waals surface area contributed by atoms with Crippen LogP contribution in [-0.2, 0) is 17.8 Å². The highest BCUT2D eigenvalue weighted by Crippen LogP contribution is 2.42. The maximum atomic E-state index is 13.0. The largest absolute Gasteiger partial charge is 0.489 e. The average molecular weight is 649 g/mol. The number of hydrogen-bond acceptors (Lipinski definition) is 7. The summed E-state index contributed by atoms with van der Waals surface area (Å²) in [6, 6.07) is 8.79. The zero-order valence-electron chi connectivity index (χ0n) is 24.3. The summed E-state index contributed by atoms with van der Waals surface area (Å²) in [7, 11) is 0. The van der Waals surface area contributed by atoms with Crippen molar-refractivity contribution < 1.29 is 22.6 Å². The van der Waals surface area contributed by atoms with Crippen molar-refractivity contribution in [2.75, 3.05) is 26.3 Å². The number of fused-ring (bicyclic) bond motifs is 1. The molecule has 5 heterocycles. The minimum absolute atomic E-state index is 0.00671. The van der Waals surface area contributed by atoms with Crippen molar-refractivity contribution >= 4 is 33.2 Å². The zero-order chi connectivity index (χ0) is 31.2. The van der Waals surface area contributed by atoms with Gasteiger partial charge >= 0.3 is 11.9 Å². The van der Waals surface area contributed by atoms with Gasteiger partial charge in [0.2, 0.25) is 0 Å². The Morgan fingerprint density at radius 2 is 1.98 bits per heavy atom. The van der Waals surface area contributed by atoms with Gasteiger partial charge < -0.3 is 9.47 Å². The molecule has 0 N–H and O–H groups in total. The average Bonchev–Trinajstić information content (AvgIpc) is 3.64. The Hall–Kier alpha value is -3.19. The van der Waals surface area contributed by atoms with E-state index in [0.29, 0.717) is 31.9 Å². The van der Waals surface area contributed by atoms with Crippen LogP contribution >= 0.6 is 22.9 Å². The molecular weight excluding hydrogens is 617 g/mol. The number of likely N-dealkylation sites (tertiary alicyclic amines) is 1. The summed E-state index contributed by atoms with van der Waals surface area (Å²) in [6.07, 6.45) is -0.113. The van der Waals surface area contributed by atoms with Crippen LogP contribution < -0.4 is 16.0 Å². The molecule has 0 saturated carbocycles. The lowest BCUT2D eigenvalue weighted by Gasteiger charge is -2.40. The molecule has 4 aromatic rings. The summed E-state index contributed by atoms with van der Waals surface area (Å²) in [6.45, 7) is 5.97. The van der Waals surface area contributed by atoms with E-state index in [1.54, 1.807) is 12.3 Å². The molecule has 2 aliphatic rings. The number of pyridine rings is 1. The highest BCUT2D eigenvalue weighted by atomic mass is 35.5. The van der Waals surface area contributed by atoms with Crippen LogP contribution in [0.1, 0.15) is 30.2 Å². The lowest BCUT2D eigenvalue weighted by atomic mass is 9.94. The number of piperidine rings is 1. The van der Waals surface area contributed by atoms with Crippen LogP contribution in [0.5, 0.6) is 5.75 Å². The van der Waals surface area contributed by atoms with E-state index < -0.39 is 24.0 Å². The molecule has 3 aromatic heterocycles. The minimum Gasteiger partial charge on any atom is -0.489 e. The summed E-state index contributed by atoms with van der Waals surface area (Å²) < 4.78 is 53.4. The molecule has 2 aliphatic heterocycles. The van der Waals surface area contributed by atoms with Crippen molar-refractivity contribution in [2.24, 2.45) is 5.92 Å². The maximum absolute atomic E-state index is 13.0.